The number of thiazole rings is 1. The highest BCUT2D eigenvalue weighted by molar-refractivity contribution is 7.73. The highest BCUT2D eigenvalue weighted by Gasteiger charge is 2.17. The second kappa shape index (κ2) is 5.50. The number of nitrogens with zero attached hydrogens (tertiary/aromatic N) is 1. The number of aromatic nitrogens is 1. The SMILES string of the molecule is CCOc1ccc(-c2[nH]c(=S)sc2C)cc1[N+](=O)[O-]. The monoisotopic (exact) mass is 296 g/mol. The van der Waals surface area contributed by atoms with Gasteiger partial charge in [0.15, 0.2) is 9.70 Å². The lowest BCUT2D eigenvalue weighted by Crippen LogP contribution is -1.98. The fourth-order valence-corrected chi connectivity index (χ4v) is 2.95. The van der Waals surface area contributed by atoms with Gasteiger partial charge in [0, 0.05) is 16.5 Å². The number of aryl methyl sites for hydroxylation is 1. The van der Waals surface area contributed by atoms with Gasteiger partial charge in [0.25, 0.3) is 0 Å². The Kier molecular flexibility index (Phi) is 3.96. The van der Waals surface area contributed by atoms with Crippen LogP contribution >= 0.6 is 23.6 Å². The van der Waals surface area contributed by atoms with E-state index in [0.29, 0.717) is 10.6 Å². The molecule has 2 aromatic rings. The first kappa shape index (κ1) is 13.7. The van der Waals surface area contributed by atoms with E-state index in [9.17, 15) is 10.1 Å². The standard InChI is InChI=1S/C12H12N2O3S2/c1-3-17-10-5-4-8(6-9(10)14(15)16)11-7(2)19-12(18)13-11/h4-6H,3H2,1-2H3,(H,13,18). The molecule has 1 N–H and O–H groups in total. The Hall–Kier alpha value is -1.73. The fourth-order valence-electron chi connectivity index (χ4n) is 1.77. The zero-order valence-corrected chi connectivity index (χ0v) is 12.1. The number of rotatable bonds is 4. The minimum Gasteiger partial charge on any atom is -0.487 e. The molecule has 100 valence electrons. The molecule has 0 saturated carbocycles. The minimum atomic E-state index is -0.440. The molecular weight excluding hydrogens is 284 g/mol. The summed E-state index contributed by atoms with van der Waals surface area (Å²) in [6.45, 7) is 4.10. The molecule has 2 rings (SSSR count). The molecule has 5 nitrogen and oxygen atoms in total. The molecule has 1 heterocycles. The number of nitro benzene ring substituents is 1. The summed E-state index contributed by atoms with van der Waals surface area (Å²) in [6, 6.07) is 4.91. The molecule has 0 aliphatic carbocycles. The number of H-pyrrole nitrogens is 1. The van der Waals surface area contributed by atoms with E-state index in [0.717, 1.165) is 16.1 Å². The van der Waals surface area contributed by atoms with Crippen molar-refractivity contribution in [2.24, 2.45) is 0 Å². The first-order valence-electron chi connectivity index (χ1n) is 5.64. The van der Waals surface area contributed by atoms with Crippen molar-refractivity contribution in [1.82, 2.24) is 4.98 Å². The molecular formula is C12H12N2O3S2. The number of nitrogens with one attached hydrogen (secondary N) is 1. The van der Waals surface area contributed by atoms with E-state index in [4.69, 9.17) is 17.0 Å². The van der Waals surface area contributed by atoms with Gasteiger partial charge in [0.05, 0.1) is 17.2 Å². The van der Waals surface area contributed by atoms with Crippen molar-refractivity contribution in [2.45, 2.75) is 13.8 Å². The van der Waals surface area contributed by atoms with Gasteiger partial charge in [0.1, 0.15) is 0 Å². The Bertz CT molecular complexity index is 676. The molecule has 0 unspecified atom stereocenters. The van der Waals surface area contributed by atoms with E-state index in [1.165, 1.54) is 17.4 Å². The van der Waals surface area contributed by atoms with Crippen LogP contribution in [0.4, 0.5) is 5.69 Å². The lowest BCUT2D eigenvalue weighted by Gasteiger charge is -2.06. The summed E-state index contributed by atoms with van der Waals surface area (Å²) in [6.07, 6.45) is 0. The van der Waals surface area contributed by atoms with Crippen molar-refractivity contribution in [3.8, 4) is 17.0 Å². The zero-order valence-electron chi connectivity index (χ0n) is 10.4. The summed E-state index contributed by atoms with van der Waals surface area (Å²) < 4.78 is 5.91. The molecule has 0 aliphatic heterocycles. The van der Waals surface area contributed by atoms with Crippen LogP contribution in [0.15, 0.2) is 18.2 Å². The Morgan fingerprint density at radius 1 is 1.53 bits per heavy atom. The lowest BCUT2D eigenvalue weighted by atomic mass is 10.1. The van der Waals surface area contributed by atoms with Crippen LogP contribution in [0.1, 0.15) is 11.8 Å². The zero-order chi connectivity index (χ0) is 14.0. The Balaban J connectivity index is 2.55. The van der Waals surface area contributed by atoms with Gasteiger partial charge in [-0.2, -0.15) is 0 Å². The van der Waals surface area contributed by atoms with Gasteiger partial charge >= 0.3 is 5.69 Å². The van der Waals surface area contributed by atoms with Crippen LogP contribution in [0, 0.1) is 21.0 Å². The van der Waals surface area contributed by atoms with Gasteiger partial charge in [-0.1, -0.05) is 0 Å². The van der Waals surface area contributed by atoms with Crippen LogP contribution < -0.4 is 4.74 Å². The maximum atomic E-state index is 11.1. The quantitative estimate of drug-likeness (QED) is 0.524. The van der Waals surface area contributed by atoms with Gasteiger partial charge in [-0.15, -0.1) is 11.3 Å². The molecule has 0 radical (unpaired) electrons. The van der Waals surface area contributed by atoms with Gasteiger partial charge in [-0.05, 0) is 38.2 Å². The van der Waals surface area contributed by atoms with E-state index in [-0.39, 0.29) is 11.4 Å². The number of nitro groups is 1. The second-order valence-electron chi connectivity index (χ2n) is 3.82. The fraction of sp³-hybridized carbons (Fsp3) is 0.250. The van der Waals surface area contributed by atoms with Crippen molar-refractivity contribution in [1.29, 1.82) is 0 Å². The Labute approximate surface area is 119 Å². The minimum absolute atomic E-state index is 0.0377. The predicted molar refractivity (Wildman–Crippen MR) is 77.5 cm³/mol. The van der Waals surface area contributed by atoms with Gasteiger partial charge in [0.2, 0.25) is 0 Å². The van der Waals surface area contributed by atoms with E-state index in [1.807, 2.05) is 6.92 Å². The molecule has 1 aromatic carbocycles. The van der Waals surface area contributed by atoms with Crippen LogP contribution in [-0.4, -0.2) is 16.5 Å². The molecule has 7 heteroatoms. The summed E-state index contributed by atoms with van der Waals surface area (Å²) in [5.41, 5.74) is 1.52. The van der Waals surface area contributed by atoms with Crippen LogP contribution in [0.25, 0.3) is 11.3 Å². The summed E-state index contributed by atoms with van der Waals surface area (Å²) in [5, 5.41) is 11.1. The van der Waals surface area contributed by atoms with Gasteiger partial charge < -0.3 is 9.72 Å². The van der Waals surface area contributed by atoms with E-state index in [1.54, 1.807) is 19.1 Å². The summed E-state index contributed by atoms with van der Waals surface area (Å²) in [4.78, 5) is 14.7. The summed E-state index contributed by atoms with van der Waals surface area (Å²) in [7, 11) is 0. The molecule has 0 saturated heterocycles. The van der Waals surface area contributed by atoms with Crippen LogP contribution in [0.3, 0.4) is 0 Å². The summed E-state index contributed by atoms with van der Waals surface area (Å²) in [5.74, 6) is 0.280. The second-order valence-corrected chi connectivity index (χ2v) is 5.71. The topological polar surface area (TPSA) is 68.2 Å². The van der Waals surface area contributed by atoms with Crippen molar-refractivity contribution in [3.63, 3.8) is 0 Å². The van der Waals surface area contributed by atoms with E-state index in [2.05, 4.69) is 4.98 Å². The maximum Gasteiger partial charge on any atom is 0.311 e. The first-order chi connectivity index (χ1) is 9.02. The number of hydrogen-bond donors (Lipinski definition) is 1. The van der Waals surface area contributed by atoms with E-state index < -0.39 is 4.92 Å². The highest BCUT2D eigenvalue weighted by Crippen LogP contribution is 2.34. The number of aromatic amines is 1. The predicted octanol–water partition coefficient (Wildman–Crippen LogP) is 4.09. The summed E-state index contributed by atoms with van der Waals surface area (Å²) >= 11 is 6.53. The molecule has 19 heavy (non-hydrogen) atoms. The van der Waals surface area contributed by atoms with Gasteiger partial charge in [-0.25, -0.2) is 0 Å². The average molecular weight is 296 g/mol. The Morgan fingerprint density at radius 3 is 2.79 bits per heavy atom. The third-order valence-corrected chi connectivity index (χ3v) is 3.72. The smallest absolute Gasteiger partial charge is 0.311 e. The molecule has 0 aliphatic rings. The van der Waals surface area contributed by atoms with Crippen molar-refractivity contribution < 1.29 is 9.66 Å². The largest absolute Gasteiger partial charge is 0.487 e. The molecule has 0 fully saturated rings. The number of benzene rings is 1. The third-order valence-electron chi connectivity index (χ3n) is 2.57. The highest BCUT2D eigenvalue weighted by atomic mass is 32.1. The van der Waals surface area contributed by atoms with Crippen LogP contribution in [-0.2, 0) is 0 Å². The van der Waals surface area contributed by atoms with Crippen molar-refractivity contribution in [2.75, 3.05) is 6.61 Å². The number of ether oxygens (including phenoxy) is 1. The molecule has 0 bridgehead atoms. The molecule has 0 atom stereocenters. The normalized spacial score (nSPS) is 10.4. The number of hydrogen-bond acceptors (Lipinski definition) is 5. The van der Waals surface area contributed by atoms with E-state index >= 15 is 0 Å². The third kappa shape index (κ3) is 2.82. The Morgan fingerprint density at radius 2 is 2.26 bits per heavy atom. The average Bonchev–Trinajstić information content (AvgIpc) is 2.69. The maximum absolute atomic E-state index is 11.1. The van der Waals surface area contributed by atoms with Gasteiger partial charge in [-0.3, -0.25) is 10.1 Å². The molecule has 1 aromatic heterocycles. The van der Waals surface area contributed by atoms with Crippen molar-refractivity contribution >= 4 is 29.2 Å². The molecule has 0 spiro atoms. The van der Waals surface area contributed by atoms with Crippen LogP contribution in [0.5, 0.6) is 5.75 Å². The van der Waals surface area contributed by atoms with Crippen molar-refractivity contribution in [3.05, 3.63) is 37.1 Å². The lowest BCUT2D eigenvalue weighted by molar-refractivity contribution is -0.385. The molecule has 0 amide bonds. The van der Waals surface area contributed by atoms with Crippen LogP contribution in [0.2, 0.25) is 0 Å². The first-order valence-corrected chi connectivity index (χ1v) is 6.86.